The number of benzene rings is 1. The lowest BCUT2D eigenvalue weighted by molar-refractivity contribution is -0.138. The van der Waals surface area contributed by atoms with Crippen molar-refractivity contribution in [1.29, 1.82) is 0 Å². The summed E-state index contributed by atoms with van der Waals surface area (Å²) in [6.45, 7) is 1.85. The van der Waals surface area contributed by atoms with Gasteiger partial charge in [0.1, 0.15) is 12.3 Å². The molecule has 0 bridgehead atoms. The summed E-state index contributed by atoms with van der Waals surface area (Å²) >= 11 is 0. The summed E-state index contributed by atoms with van der Waals surface area (Å²) < 4.78 is 5.33. The summed E-state index contributed by atoms with van der Waals surface area (Å²) in [7, 11) is 0. The quantitative estimate of drug-likeness (QED) is 0.772. The van der Waals surface area contributed by atoms with Gasteiger partial charge in [-0.15, -0.1) is 0 Å². The van der Waals surface area contributed by atoms with Gasteiger partial charge in [0.05, 0.1) is 13.0 Å². The van der Waals surface area contributed by atoms with E-state index in [-0.39, 0.29) is 25.5 Å². The van der Waals surface area contributed by atoms with Crippen LogP contribution in [0.25, 0.3) is 0 Å². The van der Waals surface area contributed by atoms with Crippen LogP contribution in [0.3, 0.4) is 0 Å². The highest BCUT2D eigenvalue weighted by atomic mass is 16.5. The number of rotatable bonds is 6. The smallest absolute Gasteiger partial charge is 0.322 e. The van der Waals surface area contributed by atoms with Gasteiger partial charge < -0.3 is 15.2 Å². The average molecular weight is 237 g/mol. The van der Waals surface area contributed by atoms with Gasteiger partial charge in [-0.1, -0.05) is 17.7 Å². The zero-order chi connectivity index (χ0) is 12.7. The highest BCUT2D eigenvalue weighted by Crippen LogP contribution is 2.11. The van der Waals surface area contributed by atoms with Gasteiger partial charge in [-0.3, -0.25) is 9.59 Å². The second-order valence-corrected chi connectivity index (χ2v) is 3.58. The number of carboxylic acids is 1. The fourth-order valence-electron chi connectivity index (χ4n) is 1.16. The first kappa shape index (κ1) is 13.0. The van der Waals surface area contributed by atoms with E-state index in [4.69, 9.17) is 9.84 Å². The van der Waals surface area contributed by atoms with Crippen LogP contribution in [0.15, 0.2) is 24.3 Å². The van der Waals surface area contributed by atoms with Crippen molar-refractivity contribution in [1.82, 2.24) is 5.32 Å². The lowest BCUT2D eigenvalue weighted by Crippen LogP contribution is -2.30. The Kier molecular flexibility index (Phi) is 5.00. The molecule has 0 saturated carbocycles. The predicted molar refractivity (Wildman–Crippen MR) is 61.9 cm³/mol. The minimum atomic E-state index is -1.06. The molecule has 0 heterocycles. The van der Waals surface area contributed by atoms with Crippen molar-refractivity contribution in [3.05, 3.63) is 29.8 Å². The van der Waals surface area contributed by atoms with Gasteiger partial charge in [0.15, 0.2) is 0 Å². The first-order valence-corrected chi connectivity index (χ1v) is 5.26. The summed E-state index contributed by atoms with van der Waals surface area (Å²) in [6.07, 6.45) is 0.140. The first-order valence-electron chi connectivity index (χ1n) is 5.26. The predicted octanol–water partition coefficient (Wildman–Crippen LogP) is 0.965. The van der Waals surface area contributed by atoms with Crippen LogP contribution in [0, 0.1) is 6.92 Å². The van der Waals surface area contributed by atoms with Crippen LogP contribution in [-0.2, 0) is 9.59 Å². The molecule has 0 saturated heterocycles. The van der Waals surface area contributed by atoms with Crippen molar-refractivity contribution in [3.63, 3.8) is 0 Å². The van der Waals surface area contributed by atoms with Crippen LogP contribution in [-0.4, -0.2) is 30.1 Å². The third kappa shape index (κ3) is 5.55. The Bertz CT molecular complexity index is 386. The first-order chi connectivity index (χ1) is 8.08. The van der Waals surface area contributed by atoms with Crippen LogP contribution in [0.5, 0.6) is 5.75 Å². The van der Waals surface area contributed by atoms with Crippen LogP contribution in [0.4, 0.5) is 0 Å². The molecular weight excluding hydrogens is 222 g/mol. The molecule has 0 aromatic heterocycles. The second kappa shape index (κ2) is 6.52. The third-order valence-electron chi connectivity index (χ3n) is 2.06. The van der Waals surface area contributed by atoms with Gasteiger partial charge in [0.25, 0.3) is 0 Å². The normalized spacial score (nSPS) is 9.71. The highest BCUT2D eigenvalue weighted by Gasteiger charge is 2.03. The number of hydrogen-bond acceptors (Lipinski definition) is 3. The lowest BCUT2D eigenvalue weighted by atomic mass is 10.2. The Labute approximate surface area is 99.4 Å². The third-order valence-corrected chi connectivity index (χ3v) is 2.06. The number of carbonyl (C=O) groups is 2. The van der Waals surface area contributed by atoms with E-state index in [9.17, 15) is 9.59 Å². The van der Waals surface area contributed by atoms with Gasteiger partial charge in [0, 0.05) is 0 Å². The summed E-state index contributed by atoms with van der Waals surface area (Å²) in [5.41, 5.74) is 1.14. The van der Waals surface area contributed by atoms with E-state index in [1.807, 2.05) is 31.2 Å². The van der Waals surface area contributed by atoms with E-state index in [1.54, 1.807) is 0 Å². The molecule has 0 fully saturated rings. The SMILES string of the molecule is Cc1ccc(OCCC(=O)NCC(=O)O)cc1. The maximum atomic E-state index is 11.1. The van der Waals surface area contributed by atoms with Crippen molar-refractivity contribution < 1.29 is 19.4 Å². The maximum Gasteiger partial charge on any atom is 0.322 e. The number of nitrogens with one attached hydrogen (secondary N) is 1. The van der Waals surface area contributed by atoms with Gasteiger partial charge >= 0.3 is 5.97 Å². The van der Waals surface area contributed by atoms with Crippen LogP contribution < -0.4 is 10.1 Å². The summed E-state index contributed by atoms with van der Waals surface area (Å²) in [5.74, 6) is -0.695. The van der Waals surface area contributed by atoms with Gasteiger partial charge in [-0.25, -0.2) is 0 Å². The molecule has 5 heteroatoms. The standard InChI is InChI=1S/C12H15NO4/c1-9-2-4-10(5-3-9)17-7-6-11(14)13-8-12(15)16/h2-5H,6-8H2,1H3,(H,13,14)(H,15,16). The molecule has 0 atom stereocenters. The lowest BCUT2D eigenvalue weighted by Gasteiger charge is -2.06. The van der Waals surface area contributed by atoms with Crippen LogP contribution in [0.2, 0.25) is 0 Å². The molecule has 5 nitrogen and oxygen atoms in total. The van der Waals surface area contributed by atoms with Crippen molar-refractivity contribution >= 4 is 11.9 Å². The molecule has 17 heavy (non-hydrogen) atoms. The van der Waals surface area contributed by atoms with Crippen LogP contribution in [0.1, 0.15) is 12.0 Å². The summed E-state index contributed by atoms with van der Waals surface area (Å²) in [4.78, 5) is 21.3. The summed E-state index contributed by atoms with van der Waals surface area (Å²) in [6, 6.07) is 7.48. The molecule has 0 radical (unpaired) electrons. The van der Waals surface area contributed by atoms with Crippen molar-refractivity contribution in [2.24, 2.45) is 0 Å². The topological polar surface area (TPSA) is 75.6 Å². The molecular formula is C12H15NO4. The number of aliphatic carboxylic acids is 1. The molecule has 1 aromatic carbocycles. The number of ether oxygens (including phenoxy) is 1. The zero-order valence-corrected chi connectivity index (χ0v) is 9.60. The molecule has 1 rings (SSSR count). The minimum Gasteiger partial charge on any atom is -0.493 e. The van der Waals surface area contributed by atoms with Gasteiger partial charge in [-0.05, 0) is 19.1 Å². The zero-order valence-electron chi connectivity index (χ0n) is 9.60. The van der Waals surface area contributed by atoms with E-state index < -0.39 is 5.97 Å². The minimum absolute atomic E-state index is 0.140. The molecule has 92 valence electrons. The Morgan fingerprint density at radius 2 is 1.94 bits per heavy atom. The summed E-state index contributed by atoms with van der Waals surface area (Å²) in [5, 5.41) is 10.6. The Morgan fingerprint density at radius 1 is 1.29 bits per heavy atom. The Hall–Kier alpha value is -2.04. The fraction of sp³-hybridized carbons (Fsp3) is 0.333. The number of aryl methyl sites for hydroxylation is 1. The average Bonchev–Trinajstić information content (AvgIpc) is 2.29. The second-order valence-electron chi connectivity index (χ2n) is 3.58. The molecule has 2 N–H and O–H groups in total. The molecule has 0 unspecified atom stereocenters. The number of amides is 1. The highest BCUT2D eigenvalue weighted by molar-refractivity contribution is 5.81. The van der Waals surface area contributed by atoms with E-state index in [0.717, 1.165) is 5.56 Å². The van der Waals surface area contributed by atoms with Crippen molar-refractivity contribution in [2.45, 2.75) is 13.3 Å². The number of carbonyl (C=O) groups excluding carboxylic acids is 1. The number of hydrogen-bond donors (Lipinski definition) is 2. The van der Waals surface area contributed by atoms with E-state index in [1.165, 1.54) is 0 Å². The molecule has 1 amide bonds. The molecule has 0 spiro atoms. The Morgan fingerprint density at radius 3 is 2.53 bits per heavy atom. The van der Waals surface area contributed by atoms with Gasteiger partial charge in [0.2, 0.25) is 5.91 Å². The molecule has 0 aliphatic rings. The van der Waals surface area contributed by atoms with Crippen LogP contribution >= 0.6 is 0 Å². The Balaban J connectivity index is 2.21. The number of carboxylic acid groups (broad SMARTS) is 1. The fourth-order valence-corrected chi connectivity index (χ4v) is 1.16. The van der Waals surface area contributed by atoms with Crippen molar-refractivity contribution in [3.8, 4) is 5.75 Å². The van der Waals surface area contributed by atoms with E-state index in [0.29, 0.717) is 5.75 Å². The molecule has 0 aliphatic carbocycles. The molecule has 1 aromatic rings. The monoisotopic (exact) mass is 237 g/mol. The van der Waals surface area contributed by atoms with E-state index in [2.05, 4.69) is 5.32 Å². The van der Waals surface area contributed by atoms with Gasteiger partial charge in [-0.2, -0.15) is 0 Å². The van der Waals surface area contributed by atoms with Crippen molar-refractivity contribution in [2.75, 3.05) is 13.2 Å². The maximum absolute atomic E-state index is 11.1. The molecule has 0 aliphatic heterocycles. The van der Waals surface area contributed by atoms with E-state index >= 15 is 0 Å². The largest absolute Gasteiger partial charge is 0.493 e.